The number of aromatic nitrogens is 4. The summed E-state index contributed by atoms with van der Waals surface area (Å²) in [5, 5.41) is 7.73. The van der Waals surface area contributed by atoms with E-state index in [1.54, 1.807) is 23.0 Å². The topological polar surface area (TPSA) is 64.9 Å². The van der Waals surface area contributed by atoms with Crippen LogP contribution in [-0.4, -0.2) is 19.7 Å². The summed E-state index contributed by atoms with van der Waals surface area (Å²) < 4.78 is 21.1. The SMILES string of the molecule is Cc1nn(-c2cccc(F)c2)cc1-c1ccnc(Nc2ccc(Oc3ccccc3)cc2)n1. The maximum atomic E-state index is 13.6. The molecule has 0 fully saturated rings. The Bertz CT molecular complexity index is 1380. The van der Waals surface area contributed by atoms with Gasteiger partial charge >= 0.3 is 0 Å². The summed E-state index contributed by atoms with van der Waals surface area (Å²) in [6.45, 7) is 1.89. The van der Waals surface area contributed by atoms with Gasteiger partial charge in [0.05, 0.1) is 17.1 Å². The van der Waals surface area contributed by atoms with Crippen molar-refractivity contribution in [1.82, 2.24) is 19.7 Å². The Kier molecular flexibility index (Phi) is 5.51. The van der Waals surface area contributed by atoms with Gasteiger partial charge in [-0.2, -0.15) is 5.10 Å². The molecule has 5 rings (SSSR count). The normalized spacial score (nSPS) is 10.7. The molecule has 3 aromatic carbocycles. The molecule has 0 saturated carbocycles. The molecule has 5 aromatic rings. The lowest BCUT2D eigenvalue weighted by atomic mass is 10.2. The molecule has 1 N–H and O–H groups in total. The van der Waals surface area contributed by atoms with Gasteiger partial charge in [-0.15, -0.1) is 0 Å². The summed E-state index contributed by atoms with van der Waals surface area (Å²) in [5.74, 6) is 1.67. The van der Waals surface area contributed by atoms with Gasteiger partial charge in [0.1, 0.15) is 17.3 Å². The van der Waals surface area contributed by atoms with Crippen LogP contribution in [0.5, 0.6) is 11.5 Å². The second-order valence-electron chi connectivity index (χ2n) is 7.38. The fourth-order valence-electron chi connectivity index (χ4n) is 3.39. The van der Waals surface area contributed by atoms with Gasteiger partial charge in [-0.05, 0) is 67.6 Å². The van der Waals surface area contributed by atoms with Gasteiger partial charge in [-0.3, -0.25) is 0 Å². The molecule has 0 aliphatic carbocycles. The lowest BCUT2D eigenvalue weighted by Crippen LogP contribution is -1.98. The van der Waals surface area contributed by atoms with Crippen LogP contribution in [0.25, 0.3) is 16.9 Å². The fraction of sp³-hybridized carbons (Fsp3) is 0.0385. The first-order valence-electron chi connectivity index (χ1n) is 10.4. The lowest BCUT2D eigenvalue weighted by molar-refractivity contribution is 0.483. The zero-order valence-corrected chi connectivity index (χ0v) is 17.8. The summed E-state index contributed by atoms with van der Waals surface area (Å²) in [4.78, 5) is 8.96. The number of aryl methyl sites for hydroxylation is 1. The van der Waals surface area contributed by atoms with Crippen molar-refractivity contribution < 1.29 is 9.13 Å². The first kappa shape index (κ1) is 20.4. The lowest BCUT2D eigenvalue weighted by Gasteiger charge is -2.08. The molecule has 0 bridgehead atoms. The van der Waals surface area contributed by atoms with Crippen LogP contribution in [0.4, 0.5) is 16.0 Å². The average Bonchev–Trinajstić information content (AvgIpc) is 3.23. The van der Waals surface area contributed by atoms with Crippen molar-refractivity contribution in [2.45, 2.75) is 6.92 Å². The Morgan fingerprint density at radius 2 is 1.67 bits per heavy atom. The van der Waals surface area contributed by atoms with E-state index in [9.17, 15) is 4.39 Å². The molecule has 0 atom stereocenters. The number of nitrogens with zero attached hydrogens (tertiary/aromatic N) is 4. The quantitative estimate of drug-likeness (QED) is 0.337. The van der Waals surface area contributed by atoms with E-state index in [1.807, 2.05) is 73.8 Å². The molecule has 33 heavy (non-hydrogen) atoms. The molecule has 0 aliphatic rings. The van der Waals surface area contributed by atoms with Gasteiger partial charge in [-0.1, -0.05) is 24.3 Å². The first-order valence-corrected chi connectivity index (χ1v) is 10.4. The fourth-order valence-corrected chi connectivity index (χ4v) is 3.39. The van der Waals surface area contributed by atoms with E-state index in [0.29, 0.717) is 11.6 Å². The van der Waals surface area contributed by atoms with Crippen molar-refractivity contribution in [2.75, 3.05) is 5.32 Å². The van der Waals surface area contributed by atoms with E-state index >= 15 is 0 Å². The standard InChI is InChI=1S/C26H20FN5O/c1-18-24(17-32(31-18)21-7-5-6-19(27)16-21)25-14-15-28-26(30-25)29-20-10-12-23(13-11-20)33-22-8-3-2-4-9-22/h2-17H,1H3,(H,28,29,30). The smallest absolute Gasteiger partial charge is 0.227 e. The number of anilines is 2. The molecule has 0 spiro atoms. The summed E-state index contributed by atoms with van der Waals surface area (Å²) in [7, 11) is 0. The third kappa shape index (κ3) is 4.72. The molecule has 0 unspecified atom stereocenters. The Balaban J connectivity index is 1.34. The highest BCUT2D eigenvalue weighted by atomic mass is 19.1. The molecule has 7 heteroatoms. The van der Waals surface area contributed by atoms with Crippen molar-refractivity contribution in [3.05, 3.63) is 109 Å². The van der Waals surface area contributed by atoms with Crippen LogP contribution in [0.15, 0.2) is 97.3 Å². The number of hydrogen-bond acceptors (Lipinski definition) is 5. The molecular formula is C26H20FN5O. The number of benzene rings is 3. The molecule has 0 radical (unpaired) electrons. The van der Waals surface area contributed by atoms with Crippen molar-refractivity contribution >= 4 is 11.6 Å². The number of para-hydroxylation sites is 1. The van der Waals surface area contributed by atoms with Crippen LogP contribution < -0.4 is 10.1 Å². The first-order chi connectivity index (χ1) is 16.1. The molecule has 0 amide bonds. The van der Waals surface area contributed by atoms with Gasteiger partial charge in [0.15, 0.2) is 0 Å². The monoisotopic (exact) mass is 437 g/mol. The van der Waals surface area contributed by atoms with Crippen molar-refractivity contribution in [3.8, 4) is 28.4 Å². The van der Waals surface area contributed by atoms with Crippen LogP contribution in [0.2, 0.25) is 0 Å². The molecule has 2 heterocycles. The van der Waals surface area contributed by atoms with Crippen molar-refractivity contribution in [1.29, 1.82) is 0 Å². The molecule has 6 nitrogen and oxygen atoms in total. The maximum absolute atomic E-state index is 13.6. The number of rotatable bonds is 6. The van der Waals surface area contributed by atoms with Gasteiger partial charge < -0.3 is 10.1 Å². The van der Waals surface area contributed by atoms with Gasteiger partial charge in [0, 0.05) is 23.6 Å². The summed E-state index contributed by atoms with van der Waals surface area (Å²) in [5.41, 5.74) is 3.83. The largest absolute Gasteiger partial charge is 0.457 e. The average molecular weight is 437 g/mol. The van der Waals surface area contributed by atoms with Gasteiger partial charge in [0.25, 0.3) is 0 Å². The number of hydrogen-bond donors (Lipinski definition) is 1. The van der Waals surface area contributed by atoms with E-state index in [-0.39, 0.29) is 5.82 Å². The van der Waals surface area contributed by atoms with Crippen molar-refractivity contribution in [3.63, 3.8) is 0 Å². The zero-order chi connectivity index (χ0) is 22.6. The van der Waals surface area contributed by atoms with Gasteiger partial charge in [-0.25, -0.2) is 19.0 Å². The minimum absolute atomic E-state index is 0.309. The zero-order valence-electron chi connectivity index (χ0n) is 17.8. The predicted octanol–water partition coefficient (Wildman–Crippen LogP) is 6.31. The van der Waals surface area contributed by atoms with Crippen LogP contribution in [0, 0.1) is 12.7 Å². The summed E-state index contributed by atoms with van der Waals surface area (Å²) in [6.07, 6.45) is 3.53. The van der Waals surface area contributed by atoms with Crippen LogP contribution in [-0.2, 0) is 0 Å². The highest BCUT2D eigenvalue weighted by Crippen LogP contribution is 2.26. The minimum atomic E-state index is -0.309. The molecular weight excluding hydrogens is 417 g/mol. The number of nitrogens with one attached hydrogen (secondary N) is 1. The molecule has 162 valence electrons. The summed E-state index contributed by atoms with van der Waals surface area (Å²) >= 11 is 0. The molecule has 2 aromatic heterocycles. The van der Waals surface area contributed by atoms with E-state index < -0.39 is 0 Å². The van der Waals surface area contributed by atoms with Gasteiger partial charge in [0.2, 0.25) is 5.95 Å². The van der Waals surface area contributed by atoms with Crippen LogP contribution >= 0.6 is 0 Å². The number of ether oxygens (including phenoxy) is 1. The third-order valence-corrected chi connectivity index (χ3v) is 4.99. The second kappa shape index (κ2) is 8.92. The third-order valence-electron chi connectivity index (χ3n) is 4.99. The summed E-state index contributed by atoms with van der Waals surface area (Å²) in [6, 6.07) is 25.3. The maximum Gasteiger partial charge on any atom is 0.227 e. The van der Waals surface area contributed by atoms with E-state index in [1.165, 1.54) is 12.1 Å². The highest BCUT2D eigenvalue weighted by molar-refractivity contribution is 5.64. The Hall–Kier alpha value is -4.52. The van der Waals surface area contributed by atoms with E-state index in [4.69, 9.17) is 4.74 Å². The molecule has 0 saturated heterocycles. The Morgan fingerprint density at radius 1 is 0.879 bits per heavy atom. The second-order valence-corrected chi connectivity index (χ2v) is 7.38. The van der Waals surface area contributed by atoms with E-state index in [2.05, 4.69) is 20.4 Å². The van der Waals surface area contributed by atoms with Crippen LogP contribution in [0.3, 0.4) is 0 Å². The van der Waals surface area contributed by atoms with Crippen molar-refractivity contribution in [2.24, 2.45) is 0 Å². The highest BCUT2D eigenvalue weighted by Gasteiger charge is 2.12. The Labute approximate surface area is 190 Å². The number of halogens is 1. The minimum Gasteiger partial charge on any atom is -0.457 e. The van der Waals surface area contributed by atoms with E-state index in [0.717, 1.165) is 34.1 Å². The predicted molar refractivity (Wildman–Crippen MR) is 126 cm³/mol. The molecule has 0 aliphatic heterocycles. The van der Waals surface area contributed by atoms with Crippen LogP contribution in [0.1, 0.15) is 5.69 Å². The Morgan fingerprint density at radius 3 is 2.45 bits per heavy atom.